The fourth-order valence-corrected chi connectivity index (χ4v) is 1.73. The number of hydrogen-bond donors (Lipinski definition) is 1. The van der Waals surface area contributed by atoms with Crippen LogP contribution in [0.1, 0.15) is 26.2 Å². The molecule has 0 saturated heterocycles. The van der Waals surface area contributed by atoms with Gasteiger partial charge >= 0.3 is 0 Å². The van der Waals surface area contributed by atoms with E-state index in [4.69, 9.17) is 26.6 Å². The highest BCUT2D eigenvalue weighted by Crippen LogP contribution is 2.31. The summed E-state index contributed by atoms with van der Waals surface area (Å²) in [6.45, 7) is 3.82. The first-order chi connectivity index (χ1) is 8.97. The van der Waals surface area contributed by atoms with Gasteiger partial charge in [-0.1, -0.05) is 23.7 Å². The van der Waals surface area contributed by atoms with Gasteiger partial charge in [-0.3, -0.25) is 0 Å². The highest BCUT2D eigenvalue weighted by atomic mass is 35.5. The SMILES string of the molecule is CCC(C)(N)c1nc(-c2ccc(Cl)cc2OC)no1. The number of rotatable bonds is 4. The molecule has 19 heavy (non-hydrogen) atoms. The van der Waals surface area contributed by atoms with Gasteiger partial charge in [0.05, 0.1) is 18.2 Å². The zero-order valence-electron chi connectivity index (χ0n) is 11.1. The highest BCUT2D eigenvalue weighted by molar-refractivity contribution is 6.30. The van der Waals surface area contributed by atoms with Crippen molar-refractivity contribution in [1.29, 1.82) is 0 Å². The van der Waals surface area contributed by atoms with Crippen LogP contribution in [0.5, 0.6) is 5.75 Å². The van der Waals surface area contributed by atoms with Crippen molar-refractivity contribution in [3.8, 4) is 17.1 Å². The van der Waals surface area contributed by atoms with Crippen LogP contribution in [0.4, 0.5) is 0 Å². The summed E-state index contributed by atoms with van der Waals surface area (Å²) in [5.41, 5.74) is 6.16. The van der Waals surface area contributed by atoms with Crippen molar-refractivity contribution in [1.82, 2.24) is 10.1 Å². The van der Waals surface area contributed by atoms with Crippen LogP contribution in [0.25, 0.3) is 11.4 Å². The van der Waals surface area contributed by atoms with Gasteiger partial charge in [-0.2, -0.15) is 4.98 Å². The number of halogens is 1. The molecule has 0 aliphatic carbocycles. The van der Waals surface area contributed by atoms with Crippen LogP contribution >= 0.6 is 11.6 Å². The Kier molecular flexibility index (Phi) is 3.78. The highest BCUT2D eigenvalue weighted by Gasteiger charge is 2.27. The average Bonchev–Trinajstić information content (AvgIpc) is 2.88. The monoisotopic (exact) mass is 281 g/mol. The van der Waals surface area contributed by atoms with E-state index < -0.39 is 5.54 Å². The minimum absolute atomic E-state index is 0.405. The molecule has 0 radical (unpaired) electrons. The molecular weight excluding hydrogens is 266 g/mol. The average molecular weight is 282 g/mol. The fourth-order valence-electron chi connectivity index (χ4n) is 1.57. The van der Waals surface area contributed by atoms with Crippen LogP contribution < -0.4 is 10.5 Å². The molecule has 0 fully saturated rings. The van der Waals surface area contributed by atoms with Gasteiger partial charge in [0.25, 0.3) is 0 Å². The van der Waals surface area contributed by atoms with Crippen molar-refractivity contribution in [2.75, 3.05) is 7.11 Å². The maximum atomic E-state index is 6.07. The summed E-state index contributed by atoms with van der Waals surface area (Å²) in [6, 6.07) is 5.24. The zero-order chi connectivity index (χ0) is 14.0. The first-order valence-electron chi connectivity index (χ1n) is 5.95. The summed E-state index contributed by atoms with van der Waals surface area (Å²) in [6.07, 6.45) is 0.701. The summed E-state index contributed by atoms with van der Waals surface area (Å²) in [7, 11) is 1.56. The minimum Gasteiger partial charge on any atom is -0.496 e. The molecule has 0 aliphatic heterocycles. The van der Waals surface area contributed by atoms with Crippen molar-refractivity contribution in [2.45, 2.75) is 25.8 Å². The Morgan fingerprint density at radius 2 is 2.21 bits per heavy atom. The molecule has 0 saturated carbocycles. The lowest BCUT2D eigenvalue weighted by molar-refractivity contribution is 0.291. The third kappa shape index (κ3) is 2.72. The summed E-state index contributed by atoms with van der Waals surface area (Å²) in [5, 5.41) is 4.53. The Morgan fingerprint density at radius 3 is 2.84 bits per heavy atom. The molecule has 2 aromatic rings. The van der Waals surface area contributed by atoms with Gasteiger partial charge in [0.1, 0.15) is 5.75 Å². The molecule has 102 valence electrons. The predicted molar refractivity (Wildman–Crippen MR) is 73.1 cm³/mol. The third-order valence-corrected chi connectivity index (χ3v) is 3.29. The lowest BCUT2D eigenvalue weighted by atomic mass is 10.0. The second-order valence-corrected chi connectivity index (χ2v) is 4.98. The molecule has 1 aromatic heterocycles. The molecule has 1 heterocycles. The van der Waals surface area contributed by atoms with Gasteiger partial charge in [-0.05, 0) is 31.5 Å². The molecule has 0 aliphatic rings. The molecule has 6 heteroatoms. The number of hydrogen-bond acceptors (Lipinski definition) is 5. The summed E-state index contributed by atoms with van der Waals surface area (Å²) in [4.78, 5) is 4.34. The summed E-state index contributed by atoms with van der Waals surface area (Å²) in [5.74, 6) is 1.44. The van der Waals surface area contributed by atoms with Crippen molar-refractivity contribution in [3.63, 3.8) is 0 Å². The van der Waals surface area contributed by atoms with Crippen LogP contribution in [-0.4, -0.2) is 17.3 Å². The van der Waals surface area contributed by atoms with Crippen LogP contribution in [-0.2, 0) is 5.54 Å². The maximum absolute atomic E-state index is 6.07. The van der Waals surface area contributed by atoms with E-state index in [-0.39, 0.29) is 0 Å². The largest absolute Gasteiger partial charge is 0.496 e. The van der Waals surface area contributed by atoms with E-state index in [9.17, 15) is 0 Å². The summed E-state index contributed by atoms with van der Waals surface area (Å²) >= 11 is 5.92. The van der Waals surface area contributed by atoms with E-state index in [0.717, 1.165) is 0 Å². The molecule has 0 amide bonds. The predicted octanol–water partition coefficient (Wildman–Crippen LogP) is 2.98. The van der Waals surface area contributed by atoms with Crippen molar-refractivity contribution >= 4 is 11.6 Å². The van der Waals surface area contributed by atoms with Gasteiger partial charge in [0, 0.05) is 5.02 Å². The lowest BCUT2D eigenvalue weighted by Gasteiger charge is -2.16. The molecular formula is C13H16ClN3O2. The first-order valence-corrected chi connectivity index (χ1v) is 6.32. The second-order valence-electron chi connectivity index (χ2n) is 4.54. The topological polar surface area (TPSA) is 74.2 Å². The number of methoxy groups -OCH3 is 1. The molecule has 2 rings (SSSR count). The quantitative estimate of drug-likeness (QED) is 0.932. The van der Waals surface area contributed by atoms with E-state index in [0.29, 0.717) is 34.5 Å². The van der Waals surface area contributed by atoms with E-state index in [1.807, 2.05) is 13.8 Å². The van der Waals surface area contributed by atoms with E-state index >= 15 is 0 Å². The molecule has 2 N–H and O–H groups in total. The second kappa shape index (κ2) is 5.19. The Balaban J connectivity index is 2.44. The van der Waals surface area contributed by atoms with Crippen molar-refractivity contribution < 1.29 is 9.26 Å². The van der Waals surface area contributed by atoms with E-state index in [1.54, 1.807) is 25.3 Å². The van der Waals surface area contributed by atoms with Crippen LogP contribution in [0.3, 0.4) is 0 Å². The van der Waals surface area contributed by atoms with Crippen LogP contribution in [0.2, 0.25) is 5.02 Å². The third-order valence-electron chi connectivity index (χ3n) is 3.05. The van der Waals surface area contributed by atoms with Crippen molar-refractivity contribution in [2.24, 2.45) is 5.73 Å². The normalized spacial score (nSPS) is 14.2. The molecule has 5 nitrogen and oxygen atoms in total. The van der Waals surface area contributed by atoms with Gasteiger partial charge in [-0.25, -0.2) is 0 Å². The molecule has 1 unspecified atom stereocenters. The standard InChI is InChI=1S/C13H16ClN3O2/c1-4-13(2,15)12-16-11(17-19-12)9-6-5-8(14)7-10(9)18-3/h5-7H,4,15H2,1-3H3. The fraction of sp³-hybridized carbons (Fsp3) is 0.385. The number of benzene rings is 1. The molecule has 1 atom stereocenters. The zero-order valence-corrected chi connectivity index (χ0v) is 11.9. The van der Waals surface area contributed by atoms with Gasteiger partial charge < -0.3 is 15.0 Å². The van der Waals surface area contributed by atoms with Crippen LogP contribution in [0, 0.1) is 0 Å². The molecule has 0 bridgehead atoms. The van der Waals surface area contributed by atoms with Crippen molar-refractivity contribution in [3.05, 3.63) is 29.1 Å². The number of nitrogens with two attached hydrogens (primary N) is 1. The Morgan fingerprint density at radius 1 is 1.47 bits per heavy atom. The first kappa shape index (κ1) is 13.8. The summed E-state index contributed by atoms with van der Waals surface area (Å²) < 4.78 is 10.5. The molecule has 0 spiro atoms. The van der Waals surface area contributed by atoms with Gasteiger partial charge in [-0.15, -0.1) is 0 Å². The maximum Gasteiger partial charge on any atom is 0.246 e. The minimum atomic E-state index is -0.634. The number of nitrogens with zero attached hydrogens (tertiary/aromatic N) is 2. The Labute approximate surface area is 116 Å². The number of aromatic nitrogens is 2. The Bertz CT molecular complexity index is 581. The smallest absolute Gasteiger partial charge is 0.246 e. The van der Waals surface area contributed by atoms with Crippen LogP contribution in [0.15, 0.2) is 22.7 Å². The Hall–Kier alpha value is -1.59. The van der Waals surface area contributed by atoms with Gasteiger partial charge in [0.2, 0.25) is 11.7 Å². The van der Waals surface area contributed by atoms with E-state index in [1.165, 1.54) is 0 Å². The van der Waals surface area contributed by atoms with Gasteiger partial charge in [0.15, 0.2) is 0 Å². The molecule has 1 aromatic carbocycles. The number of ether oxygens (including phenoxy) is 1. The van der Waals surface area contributed by atoms with E-state index in [2.05, 4.69) is 10.1 Å². The lowest BCUT2D eigenvalue weighted by Crippen LogP contribution is -2.32.